The highest BCUT2D eigenvalue weighted by Crippen LogP contribution is 2.17. The van der Waals surface area contributed by atoms with Gasteiger partial charge in [0.1, 0.15) is 5.75 Å². The second-order valence-corrected chi connectivity index (χ2v) is 5.72. The standard InChI is InChI=1S/C19H32N4O2/c1-6-20-19(22(4)15-18(24)23(7-2)8-3)21-14-13-16-11-9-10-12-17(16)25-5/h9-12H,6-8,13-15H2,1-5H3,(H,20,21). The van der Waals surface area contributed by atoms with E-state index in [9.17, 15) is 4.79 Å². The summed E-state index contributed by atoms with van der Waals surface area (Å²) < 4.78 is 5.38. The number of guanidine groups is 1. The van der Waals surface area contributed by atoms with Gasteiger partial charge in [-0.3, -0.25) is 9.79 Å². The summed E-state index contributed by atoms with van der Waals surface area (Å²) in [5.74, 6) is 1.74. The SMILES string of the molecule is CCNC(=NCCc1ccccc1OC)N(C)CC(=O)N(CC)CC. The van der Waals surface area contributed by atoms with E-state index in [1.165, 1.54) is 0 Å². The van der Waals surface area contributed by atoms with Gasteiger partial charge in [0.25, 0.3) is 0 Å². The van der Waals surface area contributed by atoms with Crippen LogP contribution in [0.4, 0.5) is 0 Å². The summed E-state index contributed by atoms with van der Waals surface area (Å²) >= 11 is 0. The first-order valence-electron chi connectivity index (χ1n) is 8.96. The highest BCUT2D eigenvalue weighted by Gasteiger charge is 2.15. The van der Waals surface area contributed by atoms with E-state index in [-0.39, 0.29) is 5.91 Å². The Morgan fingerprint density at radius 3 is 2.48 bits per heavy atom. The van der Waals surface area contributed by atoms with Crippen LogP contribution in [0.5, 0.6) is 5.75 Å². The Labute approximate surface area is 151 Å². The second-order valence-electron chi connectivity index (χ2n) is 5.72. The topological polar surface area (TPSA) is 57.2 Å². The summed E-state index contributed by atoms with van der Waals surface area (Å²) in [6, 6.07) is 7.97. The van der Waals surface area contributed by atoms with E-state index in [1.54, 1.807) is 7.11 Å². The Balaban J connectivity index is 2.70. The predicted octanol–water partition coefficient (Wildman–Crippen LogP) is 2.00. The van der Waals surface area contributed by atoms with Gasteiger partial charge in [0.05, 0.1) is 13.7 Å². The first-order valence-corrected chi connectivity index (χ1v) is 8.96. The van der Waals surface area contributed by atoms with Crippen molar-refractivity contribution >= 4 is 11.9 Å². The van der Waals surface area contributed by atoms with Crippen LogP contribution < -0.4 is 10.1 Å². The van der Waals surface area contributed by atoms with E-state index in [1.807, 2.05) is 55.8 Å². The van der Waals surface area contributed by atoms with Crippen LogP contribution >= 0.6 is 0 Å². The zero-order valence-corrected chi connectivity index (χ0v) is 16.2. The van der Waals surface area contributed by atoms with Gasteiger partial charge in [0.15, 0.2) is 5.96 Å². The van der Waals surface area contributed by atoms with Gasteiger partial charge >= 0.3 is 0 Å². The number of nitrogens with zero attached hydrogens (tertiary/aromatic N) is 3. The fourth-order valence-electron chi connectivity index (χ4n) is 2.62. The Bertz CT molecular complexity index is 556. The second kappa shape index (κ2) is 11.3. The zero-order chi connectivity index (χ0) is 18.7. The fourth-order valence-corrected chi connectivity index (χ4v) is 2.62. The van der Waals surface area contributed by atoms with Crippen LogP contribution in [0.15, 0.2) is 29.3 Å². The number of ether oxygens (including phenoxy) is 1. The lowest BCUT2D eigenvalue weighted by atomic mass is 10.1. The van der Waals surface area contributed by atoms with Crippen molar-refractivity contribution in [3.8, 4) is 5.75 Å². The van der Waals surface area contributed by atoms with E-state index in [0.717, 1.165) is 43.3 Å². The average Bonchev–Trinajstić information content (AvgIpc) is 2.62. The van der Waals surface area contributed by atoms with Crippen molar-refractivity contribution < 1.29 is 9.53 Å². The number of hydrogen-bond acceptors (Lipinski definition) is 3. The van der Waals surface area contributed by atoms with Gasteiger partial charge in [0, 0.05) is 33.2 Å². The van der Waals surface area contributed by atoms with Gasteiger partial charge < -0.3 is 19.9 Å². The van der Waals surface area contributed by atoms with Gasteiger partial charge in [0.2, 0.25) is 5.91 Å². The molecule has 1 amide bonds. The number of hydrogen-bond donors (Lipinski definition) is 1. The van der Waals surface area contributed by atoms with Crippen LogP contribution in [0.3, 0.4) is 0 Å². The minimum atomic E-state index is 0.114. The molecule has 1 aromatic rings. The number of likely N-dealkylation sites (N-methyl/N-ethyl adjacent to an activating group) is 2. The molecule has 0 radical (unpaired) electrons. The van der Waals surface area contributed by atoms with Gasteiger partial charge in [-0.05, 0) is 38.8 Å². The highest BCUT2D eigenvalue weighted by atomic mass is 16.5. The van der Waals surface area contributed by atoms with Gasteiger partial charge in [-0.25, -0.2) is 0 Å². The first-order chi connectivity index (χ1) is 12.1. The molecule has 1 rings (SSSR count). The van der Waals surface area contributed by atoms with Gasteiger partial charge in [-0.1, -0.05) is 18.2 Å². The summed E-state index contributed by atoms with van der Waals surface area (Å²) in [5, 5.41) is 3.25. The summed E-state index contributed by atoms with van der Waals surface area (Å²) in [5.41, 5.74) is 1.13. The van der Waals surface area contributed by atoms with E-state index < -0.39 is 0 Å². The Kier molecular flexibility index (Phi) is 9.43. The van der Waals surface area contributed by atoms with E-state index in [0.29, 0.717) is 13.1 Å². The molecule has 0 aliphatic rings. The van der Waals surface area contributed by atoms with Crippen molar-refractivity contribution in [1.29, 1.82) is 0 Å². The molecule has 0 bridgehead atoms. The van der Waals surface area contributed by atoms with Crippen molar-refractivity contribution in [1.82, 2.24) is 15.1 Å². The molecule has 140 valence electrons. The third kappa shape index (κ3) is 6.64. The number of methoxy groups -OCH3 is 1. The van der Waals surface area contributed by atoms with Crippen LogP contribution in [-0.2, 0) is 11.2 Å². The third-order valence-electron chi connectivity index (χ3n) is 4.02. The number of benzene rings is 1. The van der Waals surface area contributed by atoms with Crippen molar-refractivity contribution in [3.63, 3.8) is 0 Å². The molecule has 0 fully saturated rings. The monoisotopic (exact) mass is 348 g/mol. The summed E-state index contributed by atoms with van der Waals surface area (Å²) in [6.07, 6.45) is 0.788. The van der Waals surface area contributed by atoms with Crippen LogP contribution in [0.2, 0.25) is 0 Å². The minimum Gasteiger partial charge on any atom is -0.496 e. The fraction of sp³-hybridized carbons (Fsp3) is 0.579. The molecule has 25 heavy (non-hydrogen) atoms. The lowest BCUT2D eigenvalue weighted by Crippen LogP contribution is -2.45. The molecule has 0 heterocycles. The molecular formula is C19H32N4O2. The molecule has 0 atom stereocenters. The van der Waals surface area contributed by atoms with E-state index >= 15 is 0 Å². The van der Waals surface area contributed by atoms with Crippen molar-refractivity contribution in [2.75, 3.05) is 46.9 Å². The first kappa shape index (κ1) is 20.8. The van der Waals surface area contributed by atoms with Crippen LogP contribution in [0, 0.1) is 0 Å². The van der Waals surface area contributed by atoms with Crippen molar-refractivity contribution in [2.45, 2.75) is 27.2 Å². The molecule has 0 aliphatic carbocycles. The predicted molar refractivity (Wildman–Crippen MR) is 103 cm³/mol. The number of carbonyl (C=O) groups is 1. The van der Waals surface area contributed by atoms with E-state index in [2.05, 4.69) is 16.4 Å². The molecule has 0 saturated carbocycles. The normalized spacial score (nSPS) is 11.2. The minimum absolute atomic E-state index is 0.114. The Morgan fingerprint density at radius 1 is 1.20 bits per heavy atom. The smallest absolute Gasteiger partial charge is 0.242 e. The molecule has 0 spiro atoms. The number of para-hydroxylation sites is 1. The number of amides is 1. The third-order valence-corrected chi connectivity index (χ3v) is 4.02. The highest BCUT2D eigenvalue weighted by molar-refractivity contribution is 5.86. The van der Waals surface area contributed by atoms with Crippen molar-refractivity contribution in [3.05, 3.63) is 29.8 Å². The van der Waals surface area contributed by atoms with Gasteiger partial charge in [-0.15, -0.1) is 0 Å². The molecule has 1 N–H and O–H groups in total. The molecule has 0 aliphatic heterocycles. The van der Waals surface area contributed by atoms with Crippen LogP contribution in [0.1, 0.15) is 26.3 Å². The molecule has 6 nitrogen and oxygen atoms in total. The van der Waals surface area contributed by atoms with Crippen LogP contribution in [0.25, 0.3) is 0 Å². The van der Waals surface area contributed by atoms with Crippen LogP contribution in [-0.4, -0.2) is 68.5 Å². The average molecular weight is 348 g/mol. The largest absolute Gasteiger partial charge is 0.496 e. The lowest BCUT2D eigenvalue weighted by molar-refractivity contribution is -0.131. The Morgan fingerprint density at radius 2 is 1.88 bits per heavy atom. The molecule has 0 saturated heterocycles. The number of carbonyl (C=O) groups excluding carboxylic acids is 1. The van der Waals surface area contributed by atoms with Crippen molar-refractivity contribution in [2.24, 2.45) is 4.99 Å². The molecule has 0 unspecified atom stereocenters. The molecule has 6 heteroatoms. The molecule has 1 aromatic carbocycles. The maximum atomic E-state index is 12.3. The maximum absolute atomic E-state index is 12.3. The summed E-state index contributed by atoms with van der Waals surface area (Å²) in [7, 11) is 3.57. The molecule has 0 aromatic heterocycles. The molecular weight excluding hydrogens is 316 g/mol. The zero-order valence-electron chi connectivity index (χ0n) is 16.2. The Hall–Kier alpha value is -2.24. The number of rotatable bonds is 9. The quantitative estimate of drug-likeness (QED) is 0.548. The number of nitrogens with one attached hydrogen (secondary N) is 1. The number of aliphatic imine (C=N–C) groups is 1. The maximum Gasteiger partial charge on any atom is 0.242 e. The lowest BCUT2D eigenvalue weighted by Gasteiger charge is -2.25. The van der Waals surface area contributed by atoms with E-state index in [4.69, 9.17) is 4.74 Å². The summed E-state index contributed by atoms with van der Waals surface area (Å²) in [6.45, 7) is 9.18. The van der Waals surface area contributed by atoms with Gasteiger partial charge in [-0.2, -0.15) is 0 Å². The summed E-state index contributed by atoms with van der Waals surface area (Å²) in [4.78, 5) is 20.7.